The summed E-state index contributed by atoms with van der Waals surface area (Å²) in [6.45, 7) is 2.22. The molecular weight excluding hydrogens is 240 g/mol. The van der Waals surface area contributed by atoms with E-state index < -0.39 is 0 Å². The SMILES string of the molecule is CCCc1c2ccccc2c(Cl)c2ccccc12. The number of hydrogen-bond acceptors (Lipinski definition) is 0. The number of aryl methyl sites for hydroxylation is 1. The van der Waals surface area contributed by atoms with Gasteiger partial charge in [0.1, 0.15) is 0 Å². The second-order valence-corrected chi connectivity index (χ2v) is 5.01. The summed E-state index contributed by atoms with van der Waals surface area (Å²) in [5.41, 5.74) is 1.42. The predicted octanol–water partition coefficient (Wildman–Crippen LogP) is 5.60. The molecule has 0 radical (unpaired) electrons. The van der Waals surface area contributed by atoms with Crippen LogP contribution in [0, 0.1) is 0 Å². The van der Waals surface area contributed by atoms with E-state index in [1.165, 1.54) is 27.1 Å². The topological polar surface area (TPSA) is 0 Å². The van der Waals surface area contributed by atoms with Gasteiger partial charge in [0.2, 0.25) is 0 Å². The van der Waals surface area contributed by atoms with Gasteiger partial charge in [0.05, 0.1) is 5.02 Å². The molecule has 3 rings (SSSR count). The summed E-state index contributed by atoms with van der Waals surface area (Å²) in [4.78, 5) is 0. The minimum atomic E-state index is 0.876. The molecule has 0 saturated heterocycles. The van der Waals surface area contributed by atoms with Gasteiger partial charge in [-0.2, -0.15) is 0 Å². The third-order valence-electron chi connectivity index (χ3n) is 3.48. The van der Waals surface area contributed by atoms with Crippen LogP contribution in [0.15, 0.2) is 48.5 Å². The molecule has 0 aliphatic carbocycles. The van der Waals surface area contributed by atoms with Gasteiger partial charge >= 0.3 is 0 Å². The van der Waals surface area contributed by atoms with Crippen LogP contribution in [-0.4, -0.2) is 0 Å². The lowest BCUT2D eigenvalue weighted by Crippen LogP contribution is -1.90. The molecule has 3 aromatic carbocycles. The van der Waals surface area contributed by atoms with Crippen molar-refractivity contribution in [3.8, 4) is 0 Å². The van der Waals surface area contributed by atoms with Crippen molar-refractivity contribution in [3.63, 3.8) is 0 Å². The Morgan fingerprint density at radius 2 is 1.22 bits per heavy atom. The van der Waals surface area contributed by atoms with Crippen molar-refractivity contribution in [2.24, 2.45) is 0 Å². The van der Waals surface area contributed by atoms with Gasteiger partial charge in [-0.15, -0.1) is 0 Å². The van der Waals surface area contributed by atoms with Crippen LogP contribution in [0.2, 0.25) is 5.02 Å². The first kappa shape index (κ1) is 11.6. The van der Waals surface area contributed by atoms with Crippen LogP contribution in [0.3, 0.4) is 0 Å². The molecule has 0 aliphatic rings. The lowest BCUT2D eigenvalue weighted by atomic mass is 9.94. The third-order valence-corrected chi connectivity index (χ3v) is 3.88. The second-order valence-electron chi connectivity index (χ2n) is 4.63. The fourth-order valence-electron chi connectivity index (χ4n) is 2.68. The van der Waals surface area contributed by atoms with Crippen LogP contribution in [0.4, 0.5) is 0 Å². The number of halogens is 1. The average molecular weight is 255 g/mol. The maximum atomic E-state index is 6.55. The number of hydrogen-bond donors (Lipinski definition) is 0. The van der Waals surface area contributed by atoms with E-state index in [9.17, 15) is 0 Å². The highest BCUT2D eigenvalue weighted by Gasteiger charge is 2.10. The largest absolute Gasteiger partial charge is 0.0830 e. The van der Waals surface area contributed by atoms with Crippen molar-refractivity contribution in [1.82, 2.24) is 0 Å². The van der Waals surface area contributed by atoms with Crippen LogP contribution in [-0.2, 0) is 6.42 Å². The summed E-state index contributed by atoms with van der Waals surface area (Å²) in [5.74, 6) is 0. The molecule has 0 N–H and O–H groups in total. The summed E-state index contributed by atoms with van der Waals surface area (Å²) >= 11 is 6.55. The van der Waals surface area contributed by atoms with Crippen molar-refractivity contribution < 1.29 is 0 Å². The minimum absolute atomic E-state index is 0.876. The van der Waals surface area contributed by atoms with Crippen molar-refractivity contribution in [3.05, 3.63) is 59.1 Å². The lowest BCUT2D eigenvalue weighted by Gasteiger charge is -2.12. The van der Waals surface area contributed by atoms with Crippen LogP contribution in [0.5, 0.6) is 0 Å². The van der Waals surface area contributed by atoms with Crippen LogP contribution >= 0.6 is 11.6 Å². The average Bonchev–Trinajstić information content (AvgIpc) is 2.43. The van der Waals surface area contributed by atoms with E-state index in [0.717, 1.165) is 17.9 Å². The number of benzene rings is 3. The molecular formula is C17H15Cl. The zero-order valence-corrected chi connectivity index (χ0v) is 11.2. The fourth-order valence-corrected chi connectivity index (χ4v) is 3.01. The van der Waals surface area contributed by atoms with Gasteiger partial charge in [-0.05, 0) is 22.8 Å². The molecule has 0 fully saturated rings. The molecule has 0 nitrogen and oxygen atoms in total. The van der Waals surface area contributed by atoms with E-state index in [1.54, 1.807) is 0 Å². The molecule has 0 atom stereocenters. The van der Waals surface area contributed by atoms with Crippen LogP contribution in [0.25, 0.3) is 21.5 Å². The Balaban J connectivity index is 2.54. The minimum Gasteiger partial charge on any atom is -0.0830 e. The van der Waals surface area contributed by atoms with Crippen molar-refractivity contribution in [2.45, 2.75) is 19.8 Å². The molecule has 90 valence electrons. The first-order chi connectivity index (χ1) is 8.83. The van der Waals surface area contributed by atoms with E-state index in [1.807, 2.05) is 0 Å². The van der Waals surface area contributed by atoms with Gasteiger partial charge in [0.25, 0.3) is 0 Å². The quantitative estimate of drug-likeness (QED) is 0.522. The molecule has 3 aromatic rings. The van der Waals surface area contributed by atoms with Crippen molar-refractivity contribution in [2.75, 3.05) is 0 Å². The first-order valence-corrected chi connectivity index (χ1v) is 6.78. The third kappa shape index (κ3) is 1.69. The summed E-state index contributed by atoms with van der Waals surface area (Å²) in [6.07, 6.45) is 2.24. The molecule has 0 aromatic heterocycles. The molecule has 0 unspecified atom stereocenters. The van der Waals surface area contributed by atoms with E-state index in [-0.39, 0.29) is 0 Å². The van der Waals surface area contributed by atoms with Crippen LogP contribution in [0.1, 0.15) is 18.9 Å². The Labute approximate surface area is 112 Å². The maximum absolute atomic E-state index is 6.55. The first-order valence-electron chi connectivity index (χ1n) is 6.40. The monoisotopic (exact) mass is 254 g/mol. The van der Waals surface area contributed by atoms with Gasteiger partial charge in [0.15, 0.2) is 0 Å². The summed E-state index contributed by atoms with van der Waals surface area (Å²) in [5, 5.41) is 5.80. The van der Waals surface area contributed by atoms with E-state index >= 15 is 0 Å². The Kier molecular flexibility index (Phi) is 2.97. The molecule has 0 aliphatic heterocycles. The van der Waals surface area contributed by atoms with E-state index in [4.69, 9.17) is 11.6 Å². The Hall–Kier alpha value is -1.53. The lowest BCUT2D eigenvalue weighted by molar-refractivity contribution is 0.936. The Morgan fingerprint density at radius 3 is 1.67 bits per heavy atom. The van der Waals surface area contributed by atoms with E-state index in [0.29, 0.717) is 0 Å². The maximum Gasteiger partial charge on any atom is 0.0562 e. The van der Waals surface area contributed by atoms with E-state index in [2.05, 4.69) is 55.5 Å². The smallest absolute Gasteiger partial charge is 0.0562 e. The number of fused-ring (bicyclic) bond motifs is 2. The highest BCUT2D eigenvalue weighted by atomic mass is 35.5. The molecule has 0 spiro atoms. The second kappa shape index (κ2) is 4.62. The van der Waals surface area contributed by atoms with Gasteiger partial charge < -0.3 is 0 Å². The van der Waals surface area contributed by atoms with Crippen molar-refractivity contribution >= 4 is 33.1 Å². The summed E-state index contributed by atoms with van der Waals surface area (Å²) < 4.78 is 0. The van der Waals surface area contributed by atoms with Crippen LogP contribution < -0.4 is 0 Å². The highest BCUT2D eigenvalue weighted by molar-refractivity contribution is 6.41. The molecule has 0 saturated carbocycles. The predicted molar refractivity (Wildman–Crippen MR) is 80.5 cm³/mol. The van der Waals surface area contributed by atoms with Gasteiger partial charge in [-0.25, -0.2) is 0 Å². The fraction of sp³-hybridized carbons (Fsp3) is 0.176. The summed E-state index contributed by atoms with van der Waals surface area (Å²) in [6, 6.07) is 16.9. The zero-order valence-electron chi connectivity index (χ0n) is 10.4. The molecule has 1 heteroatoms. The van der Waals surface area contributed by atoms with Gasteiger partial charge in [-0.3, -0.25) is 0 Å². The molecule has 0 amide bonds. The summed E-state index contributed by atoms with van der Waals surface area (Å²) in [7, 11) is 0. The highest BCUT2D eigenvalue weighted by Crippen LogP contribution is 2.36. The zero-order chi connectivity index (χ0) is 12.5. The standard InChI is InChI=1S/C17H15Cl/c1-2-7-12-13-8-3-5-10-15(13)17(18)16-11-6-4-9-14(12)16/h3-6,8-11H,2,7H2,1H3. The van der Waals surface area contributed by atoms with Gasteiger partial charge in [0, 0.05) is 10.8 Å². The van der Waals surface area contributed by atoms with Gasteiger partial charge in [-0.1, -0.05) is 73.5 Å². The molecule has 18 heavy (non-hydrogen) atoms. The van der Waals surface area contributed by atoms with Crippen molar-refractivity contribution in [1.29, 1.82) is 0 Å². The Bertz CT molecular complexity index is 656. The molecule has 0 heterocycles. The number of rotatable bonds is 2. The normalized spacial score (nSPS) is 11.2. The Morgan fingerprint density at radius 1 is 0.778 bits per heavy atom. The molecule has 0 bridgehead atoms.